The van der Waals surface area contributed by atoms with Crippen molar-refractivity contribution in [2.24, 2.45) is 0 Å². The van der Waals surface area contributed by atoms with Gasteiger partial charge in [-0.15, -0.1) is 0 Å². The number of nitrogens with one attached hydrogen (secondary N) is 2. The molecule has 0 saturated carbocycles. The molecule has 0 aliphatic heterocycles. The highest BCUT2D eigenvalue weighted by molar-refractivity contribution is 5.65. The second-order valence-electron chi connectivity index (χ2n) is 5.77. The molecule has 0 saturated heterocycles. The van der Waals surface area contributed by atoms with Crippen molar-refractivity contribution in [3.63, 3.8) is 0 Å². The minimum Gasteiger partial charge on any atom is -0.352 e. The summed E-state index contributed by atoms with van der Waals surface area (Å²) in [6, 6.07) is 14.0. The van der Waals surface area contributed by atoms with Crippen LogP contribution in [0.2, 0.25) is 0 Å². The Bertz CT molecular complexity index is 838. The predicted molar refractivity (Wildman–Crippen MR) is 98.3 cm³/mol. The molecule has 0 aliphatic carbocycles. The van der Waals surface area contributed by atoms with Crippen LogP contribution in [0.1, 0.15) is 20.3 Å². The summed E-state index contributed by atoms with van der Waals surface area (Å²) < 4.78 is 13.4. The molecule has 2 aromatic heterocycles. The molecule has 2 heterocycles. The van der Waals surface area contributed by atoms with Gasteiger partial charge >= 0.3 is 0 Å². The lowest BCUT2D eigenvalue weighted by molar-refractivity contribution is 0.628. The van der Waals surface area contributed by atoms with Gasteiger partial charge in [0.15, 0.2) is 0 Å². The Morgan fingerprint density at radius 2 is 1.92 bits per heavy atom. The number of nitrogens with zero attached hydrogens (tertiary/aromatic N) is 3. The smallest absolute Gasteiger partial charge is 0.225 e. The first-order chi connectivity index (χ1) is 12.1. The first-order valence-electron chi connectivity index (χ1n) is 8.23. The van der Waals surface area contributed by atoms with E-state index in [2.05, 4.69) is 39.4 Å². The lowest BCUT2D eigenvalue weighted by atomic mass is 10.2. The molecule has 25 heavy (non-hydrogen) atoms. The van der Waals surface area contributed by atoms with Gasteiger partial charge in [0.25, 0.3) is 0 Å². The normalized spacial score (nSPS) is 11.8. The minimum atomic E-state index is -0.304. The molecule has 1 aromatic carbocycles. The Labute approximate surface area is 146 Å². The first-order valence-corrected chi connectivity index (χ1v) is 8.23. The van der Waals surface area contributed by atoms with Gasteiger partial charge in [-0.2, -0.15) is 4.98 Å². The molecule has 0 unspecified atom stereocenters. The maximum Gasteiger partial charge on any atom is 0.225 e. The van der Waals surface area contributed by atoms with E-state index in [1.807, 2.05) is 18.2 Å². The monoisotopic (exact) mass is 337 g/mol. The zero-order valence-electron chi connectivity index (χ0n) is 14.2. The number of hydrogen-bond donors (Lipinski definition) is 2. The van der Waals surface area contributed by atoms with Gasteiger partial charge < -0.3 is 10.6 Å². The fourth-order valence-corrected chi connectivity index (χ4v) is 2.26. The lowest BCUT2D eigenvalue weighted by Crippen LogP contribution is -2.16. The fraction of sp³-hybridized carbons (Fsp3) is 0.211. The molecule has 128 valence electrons. The summed E-state index contributed by atoms with van der Waals surface area (Å²) in [6.07, 6.45) is 2.67. The SMILES string of the molecule is CC[C@@H](C)Nc1nc(Nc2cccc(F)c2)cc(-c2ccccn2)n1. The molecule has 3 aromatic rings. The van der Waals surface area contributed by atoms with E-state index in [0.717, 1.165) is 12.1 Å². The Morgan fingerprint density at radius 3 is 2.64 bits per heavy atom. The van der Waals surface area contributed by atoms with E-state index in [9.17, 15) is 4.39 Å². The van der Waals surface area contributed by atoms with E-state index in [1.54, 1.807) is 24.4 Å². The Hall–Kier alpha value is -3.02. The molecule has 5 nitrogen and oxygen atoms in total. The quantitative estimate of drug-likeness (QED) is 0.686. The number of hydrogen-bond acceptors (Lipinski definition) is 5. The minimum absolute atomic E-state index is 0.237. The van der Waals surface area contributed by atoms with Crippen LogP contribution in [0.5, 0.6) is 0 Å². The second-order valence-corrected chi connectivity index (χ2v) is 5.77. The number of aromatic nitrogens is 3. The van der Waals surface area contributed by atoms with Crippen LogP contribution in [0.25, 0.3) is 11.4 Å². The lowest BCUT2D eigenvalue weighted by Gasteiger charge is -2.14. The van der Waals surface area contributed by atoms with E-state index >= 15 is 0 Å². The van der Waals surface area contributed by atoms with Gasteiger partial charge in [0.05, 0.1) is 11.4 Å². The van der Waals surface area contributed by atoms with Gasteiger partial charge in [0.2, 0.25) is 5.95 Å². The Morgan fingerprint density at radius 1 is 1.04 bits per heavy atom. The number of pyridine rings is 1. The average Bonchev–Trinajstić information content (AvgIpc) is 2.62. The summed E-state index contributed by atoms with van der Waals surface area (Å²) in [7, 11) is 0. The van der Waals surface area contributed by atoms with E-state index in [4.69, 9.17) is 0 Å². The average molecular weight is 337 g/mol. The Balaban J connectivity index is 1.97. The van der Waals surface area contributed by atoms with Crippen molar-refractivity contribution in [2.45, 2.75) is 26.3 Å². The van der Waals surface area contributed by atoms with E-state index in [1.165, 1.54) is 12.1 Å². The van der Waals surface area contributed by atoms with Crippen molar-refractivity contribution in [1.29, 1.82) is 0 Å². The molecule has 0 fully saturated rings. The van der Waals surface area contributed by atoms with Crippen LogP contribution in [0.4, 0.5) is 21.8 Å². The van der Waals surface area contributed by atoms with Crippen LogP contribution in [0, 0.1) is 5.82 Å². The number of rotatable bonds is 6. The van der Waals surface area contributed by atoms with Crippen LogP contribution in [0.15, 0.2) is 54.7 Å². The third-order valence-corrected chi connectivity index (χ3v) is 3.74. The highest BCUT2D eigenvalue weighted by atomic mass is 19.1. The molecule has 0 amide bonds. The van der Waals surface area contributed by atoms with Gasteiger partial charge in [0.1, 0.15) is 11.6 Å². The summed E-state index contributed by atoms with van der Waals surface area (Å²) in [6.45, 7) is 4.16. The molecule has 3 rings (SSSR count). The molecule has 0 spiro atoms. The second kappa shape index (κ2) is 7.70. The molecular weight excluding hydrogens is 317 g/mol. The molecule has 6 heteroatoms. The van der Waals surface area contributed by atoms with Gasteiger partial charge in [-0.3, -0.25) is 4.98 Å². The largest absolute Gasteiger partial charge is 0.352 e. The first kappa shape index (κ1) is 16.8. The van der Waals surface area contributed by atoms with E-state index in [-0.39, 0.29) is 11.9 Å². The van der Waals surface area contributed by atoms with Gasteiger partial charge in [0, 0.05) is 24.0 Å². The summed E-state index contributed by atoms with van der Waals surface area (Å²) in [5.74, 6) is 0.783. The van der Waals surface area contributed by atoms with Crippen molar-refractivity contribution in [2.75, 3.05) is 10.6 Å². The van der Waals surface area contributed by atoms with Crippen LogP contribution in [-0.2, 0) is 0 Å². The fourth-order valence-electron chi connectivity index (χ4n) is 2.26. The van der Waals surface area contributed by atoms with Gasteiger partial charge in [-0.1, -0.05) is 19.1 Å². The maximum absolute atomic E-state index is 13.4. The number of anilines is 3. The highest BCUT2D eigenvalue weighted by Crippen LogP contribution is 2.23. The van der Waals surface area contributed by atoms with Crippen molar-refractivity contribution >= 4 is 17.5 Å². The van der Waals surface area contributed by atoms with E-state index < -0.39 is 0 Å². The summed E-state index contributed by atoms with van der Waals surface area (Å²) in [5, 5.41) is 6.40. The van der Waals surface area contributed by atoms with Crippen LogP contribution in [-0.4, -0.2) is 21.0 Å². The van der Waals surface area contributed by atoms with Crippen molar-refractivity contribution in [3.05, 3.63) is 60.5 Å². The summed E-state index contributed by atoms with van der Waals surface area (Å²) in [5.41, 5.74) is 2.07. The van der Waals surface area contributed by atoms with Gasteiger partial charge in [-0.05, 0) is 43.7 Å². The standard InChI is InChI=1S/C19H20FN5/c1-3-13(2)22-19-24-17(16-9-4-5-10-21-16)12-18(25-19)23-15-8-6-7-14(20)11-15/h4-13H,3H2,1-2H3,(H2,22,23,24,25)/t13-/m1/s1. The Kier molecular flexibility index (Phi) is 5.18. The predicted octanol–water partition coefficient (Wildman–Crippen LogP) is 4.63. The molecule has 0 radical (unpaired) electrons. The molecule has 0 bridgehead atoms. The molecular formula is C19H20FN5. The summed E-state index contributed by atoms with van der Waals surface area (Å²) in [4.78, 5) is 13.4. The van der Waals surface area contributed by atoms with Crippen molar-refractivity contribution in [3.8, 4) is 11.4 Å². The van der Waals surface area contributed by atoms with Crippen molar-refractivity contribution < 1.29 is 4.39 Å². The zero-order chi connectivity index (χ0) is 17.6. The number of benzene rings is 1. The highest BCUT2D eigenvalue weighted by Gasteiger charge is 2.10. The van der Waals surface area contributed by atoms with Gasteiger partial charge in [-0.25, -0.2) is 9.37 Å². The van der Waals surface area contributed by atoms with Crippen LogP contribution >= 0.6 is 0 Å². The third kappa shape index (κ3) is 4.50. The molecule has 0 aliphatic rings. The third-order valence-electron chi connectivity index (χ3n) is 3.74. The topological polar surface area (TPSA) is 62.7 Å². The summed E-state index contributed by atoms with van der Waals surface area (Å²) >= 11 is 0. The van der Waals surface area contributed by atoms with Crippen molar-refractivity contribution in [1.82, 2.24) is 15.0 Å². The van der Waals surface area contributed by atoms with E-state index in [0.29, 0.717) is 23.1 Å². The molecule has 2 N–H and O–H groups in total. The molecule has 1 atom stereocenters. The zero-order valence-corrected chi connectivity index (χ0v) is 14.2. The van der Waals surface area contributed by atoms with Crippen LogP contribution in [0.3, 0.4) is 0 Å². The maximum atomic E-state index is 13.4. The number of halogens is 1. The van der Waals surface area contributed by atoms with Crippen LogP contribution < -0.4 is 10.6 Å².